The van der Waals surface area contributed by atoms with Crippen molar-refractivity contribution in [2.24, 2.45) is 23.7 Å². The van der Waals surface area contributed by atoms with Crippen molar-refractivity contribution in [3.8, 4) is 23.3 Å². The van der Waals surface area contributed by atoms with Crippen molar-refractivity contribution < 1.29 is 18.7 Å². The Kier molecular flexibility index (Phi) is 6.35. The summed E-state index contributed by atoms with van der Waals surface area (Å²) >= 11 is 0. The maximum absolute atomic E-state index is 15.0. The van der Waals surface area contributed by atoms with Gasteiger partial charge in [-0.1, -0.05) is 19.1 Å². The van der Waals surface area contributed by atoms with Crippen molar-refractivity contribution in [3.05, 3.63) is 53.6 Å². The van der Waals surface area contributed by atoms with E-state index in [4.69, 9.17) is 10.00 Å². The van der Waals surface area contributed by atoms with Gasteiger partial charge in [-0.25, -0.2) is 14.2 Å². The van der Waals surface area contributed by atoms with E-state index in [0.717, 1.165) is 6.42 Å². The lowest BCUT2D eigenvalue weighted by atomic mass is 9.94. The Morgan fingerprint density at radius 1 is 1.21 bits per heavy atom. The van der Waals surface area contributed by atoms with Crippen molar-refractivity contribution in [2.45, 2.75) is 64.3 Å². The number of pyridine rings is 1. The molecule has 2 bridgehead atoms. The first-order valence-corrected chi connectivity index (χ1v) is 12.9. The first-order valence-electron chi connectivity index (χ1n) is 12.9. The Morgan fingerprint density at radius 3 is 2.55 bits per heavy atom. The van der Waals surface area contributed by atoms with Crippen LogP contribution in [0, 0.1) is 52.2 Å². The number of fused-ring (bicyclic) bond motifs is 5. The lowest BCUT2D eigenvalue weighted by Crippen LogP contribution is -2.56. The molecule has 1 aliphatic heterocycles. The third-order valence-corrected chi connectivity index (χ3v) is 8.07. The average Bonchev–Trinajstić information content (AvgIpc) is 3.22. The van der Waals surface area contributed by atoms with Crippen LogP contribution in [0.2, 0.25) is 0 Å². The second kappa shape index (κ2) is 9.40. The molecule has 1 aromatic heterocycles. The molecular weight excluding hydrogens is 485 g/mol. The van der Waals surface area contributed by atoms with Crippen LogP contribution in [0.4, 0.5) is 9.18 Å². The van der Waals surface area contributed by atoms with E-state index in [1.54, 1.807) is 49.9 Å². The molecule has 3 unspecified atom stereocenters. The fraction of sp³-hybridized carbons (Fsp3) is 0.483. The molecule has 7 atom stereocenters. The summed E-state index contributed by atoms with van der Waals surface area (Å²) in [6.45, 7) is 7.53. The van der Waals surface area contributed by atoms with Crippen molar-refractivity contribution in [3.63, 3.8) is 0 Å². The molecule has 2 heterocycles. The highest BCUT2D eigenvalue weighted by molar-refractivity contribution is 5.88. The Bertz CT molecular complexity index is 1360. The minimum absolute atomic E-state index is 0.0182. The summed E-state index contributed by atoms with van der Waals surface area (Å²) in [4.78, 5) is 32.2. The summed E-state index contributed by atoms with van der Waals surface area (Å²) < 4.78 is 20.6. The molecule has 1 N–H and O–H groups in total. The third kappa shape index (κ3) is 4.58. The standard InChI is InChI=1S/C29H30FN5O3/c1-15-24-21-11-23(25(15)24)35(28(37)38-29(2,3)4)26(21)27(36)34-20(13-32)9-17-6-5-16(10-22(17)30)18-7-8-19(12-31)33-14-18/h5-8,10,14-15,20-21,23-26H,9,11H2,1-4H3,(H,34,36)/t15?,20-,21+,23-,24?,25?,26-/m0/s1. The number of carbonyl (C=O) groups excluding carboxylic acids is 2. The number of piperidine rings is 1. The molecule has 5 rings (SSSR count). The molecule has 3 fully saturated rings. The van der Waals surface area contributed by atoms with Crippen LogP contribution < -0.4 is 5.32 Å². The zero-order valence-electron chi connectivity index (χ0n) is 21.8. The van der Waals surface area contributed by atoms with Gasteiger partial charge in [0.1, 0.15) is 35.3 Å². The van der Waals surface area contributed by atoms with Crippen LogP contribution in [0.3, 0.4) is 0 Å². The number of likely N-dealkylation sites (tertiary alicyclic amines) is 1. The van der Waals surface area contributed by atoms with Crippen molar-refractivity contribution >= 4 is 12.0 Å². The van der Waals surface area contributed by atoms with Gasteiger partial charge in [0, 0.05) is 24.2 Å². The molecule has 2 saturated carbocycles. The highest BCUT2D eigenvalue weighted by Gasteiger charge is 2.71. The van der Waals surface area contributed by atoms with E-state index in [2.05, 4.69) is 23.3 Å². The number of nitriles is 2. The number of ether oxygens (including phenoxy) is 1. The number of nitrogens with one attached hydrogen (secondary N) is 1. The predicted octanol–water partition coefficient (Wildman–Crippen LogP) is 4.20. The first-order chi connectivity index (χ1) is 18.0. The second-order valence-corrected chi connectivity index (χ2v) is 11.6. The molecule has 2 aliphatic carbocycles. The van der Waals surface area contributed by atoms with Gasteiger partial charge in [-0.3, -0.25) is 9.69 Å². The van der Waals surface area contributed by atoms with Gasteiger partial charge < -0.3 is 10.1 Å². The molecule has 2 amide bonds. The Balaban J connectivity index is 1.30. The second-order valence-electron chi connectivity index (χ2n) is 11.6. The fourth-order valence-corrected chi connectivity index (χ4v) is 6.47. The molecular formula is C29H30FN5O3. The van der Waals surface area contributed by atoms with Gasteiger partial charge in [0.25, 0.3) is 0 Å². The number of amides is 2. The summed E-state index contributed by atoms with van der Waals surface area (Å²) in [6, 6.07) is 10.2. The van der Waals surface area contributed by atoms with Gasteiger partial charge >= 0.3 is 6.09 Å². The number of benzene rings is 1. The molecule has 2 aromatic rings. The number of nitrogens with zero attached hydrogens (tertiary/aromatic N) is 4. The van der Waals surface area contributed by atoms with E-state index in [1.165, 1.54) is 12.3 Å². The number of hydrogen-bond acceptors (Lipinski definition) is 6. The first kappa shape index (κ1) is 25.7. The number of rotatable bonds is 5. The maximum atomic E-state index is 15.0. The summed E-state index contributed by atoms with van der Waals surface area (Å²) in [5, 5.41) is 21.5. The maximum Gasteiger partial charge on any atom is 0.411 e. The molecule has 9 heteroatoms. The highest BCUT2D eigenvalue weighted by Crippen LogP contribution is 2.67. The van der Waals surface area contributed by atoms with E-state index < -0.39 is 35.5 Å². The number of carbonyl (C=O) groups is 2. The van der Waals surface area contributed by atoms with E-state index in [-0.39, 0.29) is 29.6 Å². The number of halogens is 1. The quantitative estimate of drug-likeness (QED) is 0.637. The van der Waals surface area contributed by atoms with Gasteiger partial charge in [-0.05, 0) is 80.2 Å². The van der Waals surface area contributed by atoms with Crippen LogP contribution in [0.25, 0.3) is 11.1 Å². The Labute approximate surface area is 221 Å². The minimum atomic E-state index is -0.966. The Morgan fingerprint density at radius 2 is 1.95 bits per heavy atom. The topological polar surface area (TPSA) is 119 Å². The van der Waals surface area contributed by atoms with E-state index in [9.17, 15) is 19.2 Å². The average molecular weight is 516 g/mol. The van der Waals surface area contributed by atoms with Gasteiger partial charge in [0.05, 0.1) is 6.07 Å². The molecule has 1 saturated heterocycles. The monoisotopic (exact) mass is 515 g/mol. The normalized spacial score (nSPS) is 27.6. The highest BCUT2D eigenvalue weighted by atomic mass is 19.1. The van der Waals surface area contributed by atoms with Crippen molar-refractivity contribution in [2.75, 3.05) is 0 Å². The molecule has 196 valence electrons. The van der Waals surface area contributed by atoms with Crippen molar-refractivity contribution in [1.29, 1.82) is 10.5 Å². The van der Waals surface area contributed by atoms with Gasteiger partial charge in [-0.15, -0.1) is 0 Å². The summed E-state index contributed by atoms with van der Waals surface area (Å²) in [5.41, 5.74) is 1.11. The lowest BCUT2D eigenvalue weighted by molar-refractivity contribution is -0.128. The van der Waals surface area contributed by atoms with E-state index >= 15 is 0 Å². The van der Waals surface area contributed by atoms with Crippen LogP contribution in [0.5, 0.6) is 0 Å². The molecule has 0 radical (unpaired) electrons. The van der Waals surface area contributed by atoms with E-state index in [0.29, 0.717) is 28.9 Å². The van der Waals surface area contributed by atoms with Crippen LogP contribution >= 0.6 is 0 Å². The van der Waals surface area contributed by atoms with Gasteiger partial charge in [-0.2, -0.15) is 10.5 Å². The SMILES string of the molecule is CC1C2C1[C@@H]1C[C@H]2[C@@H](C(=O)N[C@H](C#N)Cc2ccc(-c3ccc(C#N)nc3)cc2F)N1C(=O)OC(C)(C)C. The van der Waals surface area contributed by atoms with Crippen molar-refractivity contribution in [1.82, 2.24) is 15.2 Å². The van der Waals surface area contributed by atoms with Gasteiger partial charge in [0.15, 0.2) is 0 Å². The number of aromatic nitrogens is 1. The fourth-order valence-electron chi connectivity index (χ4n) is 6.47. The molecule has 38 heavy (non-hydrogen) atoms. The van der Waals surface area contributed by atoms with Crippen LogP contribution in [-0.2, 0) is 16.0 Å². The van der Waals surface area contributed by atoms with Gasteiger partial charge in [0.2, 0.25) is 5.91 Å². The van der Waals surface area contributed by atoms with E-state index in [1.807, 2.05) is 6.07 Å². The predicted molar refractivity (Wildman–Crippen MR) is 135 cm³/mol. The Hall–Kier alpha value is -3.98. The molecule has 8 nitrogen and oxygen atoms in total. The zero-order chi connectivity index (χ0) is 27.4. The summed E-state index contributed by atoms with van der Waals surface area (Å²) in [6.07, 6.45) is 1.74. The van der Waals surface area contributed by atoms with Crippen LogP contribution in [0.1, 0.15) is 45.4 Å². The van der Waals surface area contributed by atoms with Crippen LogP contribution in [-0.4, -0.2) is 45.6 Å². The smallest absolute Gasteiger partial charge is 0.411 e. The summed E-state index contributed by atoms with van der Waals surface area (Å²) in [7, 11) is 0. The number of hydrogen-bond donors (Lipinski definition) is 1. The third-order valence-electron chi connectivity index (χ3n) is 8.07. The largest absolute Gasteiger partial charge is 0.444 e. The lowest BCUT2D eigenvalue weighted by Gasteiger charge is -2.35. The zero-order valence-corrected chi connectivity index (χ0v) is 21.8. The molecule has 1 aromatic carbocycles. The van der Waals surface area contributed by atoms with Crippen LogP contribution in [0.15, 0.2) is 36.5 Å². The molecule has 3 aliphatic rings. The minimum Gasteiger partial charge on any atom is -0.444 e. The summed E-state index contributed by atoms with van der Waals surface area (Å²) in [5.74, 6) is 0.370. The molecule has 0 spiro atoms.